The quantitative estimate of drug-likeness (QED) is 0.343. The summed E-state index contributed by atoms with van der Waals surface area (Å²) in [5.74, 6) is 0.306. The second-order valence-corrected chi connectivity index (χ2v) is 5.40. The number of ether oxygens (including phenoxy) is 1. The first kappa shape index (κ1) is 13.6. The minimum Gasteiger partial charge on any atom is -0.393 e. The maximum absolute atomic E-state index is 11.8. The Bertz CT molecular complexity index is 646. The number of thiol groups is 2. The number of aromatic amines is 1. The zero-order valence-electron chi connectivity index (χ0n) is 10.1. The molecular weight excluding hydrogens is 302 g/mol. The van der Waals surface area contributed by atoms with Crippen LogP contribution in [0.3, 0.4) is 0 Å². The van der Waals surface area contributed by atoms with E-state index in [9.17, 15) is 9.90 Å². The molecule has 8 nitrogen and oxygen atoms in total. The van der Waals surface area contributed by atoms with Crippen LogP contribution in [0.1, 0.15) is 0 Å². The van der Waals surface area contributed by atoms with E-state index in [1.807, 2.05) is 0 Å². The Morgan fingerprint density at radius 2 is 2.10 bits per heavy atom. The van der Waals surface area contributed by atoms with E-state index in [1.54, 1.807) is 0 Å². The highest BCUT2D eigenvalue weighted by Gasteiger charge is 2.39. The van der Waals surface area contributed by atoms with Gasteiger partial charge in [-0.05, 0) is 0 Å². The molecule has 10 heteroatoms. The summed E-state index contributed by atoms with van der Waals surface area (Å²) in [6, 6.07) is -0.396. The Morgan fingerprint density at radius 1 is 1.35 bits per heavy atom. The number of nitrogens with two attached hydrogens (primary N) is 1. The number of fused-ring (bicyclic) bond motifs is 2. The minimum atomic E-state index is -0.567. The van der Waals surface area contributed by atoms with Gasteiger partial charge in [0.15, 0.2) is 12.0 Å². The molecule has 0 spiro atoms. The largest absolute Gasteiger partial charge is 0.393 e. The number of rotatable bonds is 1. The molecule has 0 radical (unpaired) electrons. The van der Waals surface area contributed by atoms with Crippen molar-refractivity contribution in [1.29, 1.82) is 0 Å². The Balaban J connectivity index is 2.03. The summed E-state index contributed by atoms with van der Waals surface area (Å²) in [6.45, 7) is -0.217. The molecule has 1 aromatic heterocycles. The van der Waals surface area contributed by atoms with Crippen LogP contribution in [-0.2, 0) is 4.74 Å². The smallest absolute Gasteiger partial charge is 0.277 e. The SMILES string of the molecule is Nc1nc2c(c(=O)[nH]1)N[C@H]1C(S)=C(S)[C@@H](CO)O[C@H]1N2. The fourth-order valence-corrected chi connectivity index (χ4v) is 2.82. The lowest BCUT2D eigenvalue weighted by atomic mass is 10.1. The van der Waals surface area contributed by atoms with Crippen LogP contribution in [0.2, 0.25) is 0 Å². The maximum atomic E-state index is 11.8. The molecule has 20 heavy (non-hydrogen) atoms. The van der Waals surface area contributed by atoms with Crippen LogP contribution >= 0.6 is 25.3 Å². The highest BCUT2D eigenvalue weighted by Crippen LogP contribution is 2.36. The third kappa shape index (κ3) is 2.04. The predicted molar refractivity (Wildman–Crippen MR) is 81.0 cm³/mol. The minimum absolute atomic E-state index is 0.00698. The van der Waals surface area contributed by atoms with Gasteiger partial charge in [0.2, 0.25) is 5.95 Å². The molecule has 6 N–H and O–H groups in total. The highest BCUT2D eigenvalue weighted by molar-refractivity contribution is 7.88. The molecule has 0 aliphatic carbocycles. The molecule has 0 amide bonds. The van der Waals surface area contributed by atoms with Crippen molar-refractivity contribution in [3.63, 3.8) is 0 Å². The van der Waals surface area contributed by atoms with Crippen molar-refractivity contribution in [3.8, 4) is 0 Å². The molecule has 3 rings (SSSR count). The van der Waals surface area contributed by atoms with Crippen molar-refractivity contribution in [2.24, 2.45) is 0 Å². The summed E-state index contributed by atoms with van der Waals surface area (Å²) in [6.07, 6.45) is -1.10. The van der Waals surface area contributed by atoms with Gasteiger partial charge in [-0.2, -0.15) is 4.98 Å². The van der Waals surface area contributed by atoms with Crippen molar-refractivity contribution >= 4 is 42.7 Å². The number of nitrogens with one attached hydrogen (secondary N) is 3. The average molecular weight is 315 g/mol. The average Bonchev–Trinajstić information content (AvgIpc) is 2.41. The number of aromatic nitrogens is 2. The fraction of sp³-hybridized carbons (Fsp3) is 0.400. The summed E-state index contributed by atoms with van der Waals surface area (Å²) in [7, 11) is 0. The van der Waals surface area contributed by atoms with Gasteiger partial charge >= 0.3 is 0 Å². The molecule has 2 aliphatic heterocycles. The van der Waals surface area contributed by atoms with Gasteiger partial charge in [0.1, 0.15) is 17.8 Å². The monoisotopic (exact) mass is 315 g/mol. The number of H-pyrrole nitrogens is 1. The van der Waals surface area contributed by atoms with E-state index in [-0.39, 0.29) is 23.8 Å². The third-order valence-electron chi connectivity index (χ3n) is 3.16. The first-order chi connectivity index (χ1) is 9.51. The Labute approximate surface area is 124 Å². The summed E-state index contributed by atoms with van der Waals surface area (Å²) >= 11 is 8.68. The van der Waals surface area contributed by atoms with Crippen LogP contribution in [0.5, 0.6) is 0 Å². The lowest BCUT2D eigenvalue weighted by Gasteiger charge is -2.40. The second kappa shape index (κ2) is 4.88. The van der Waals surface area contributed by atoms with Crippen molar-refractivity contribution in [2.45, 2.75) is 18.4 Å². The number of anilines is 3. The summed E-state index contributed by atoms with van der Waals surface area (Å²) in [4.78, 5) is 19.4. The number of nitrogens with zero attached hydrogens (tertiary/aromatic N) is 1. The van der Waals surface area contributed by atoms with Crippen LogP contribution in [-0.4, -0.2) is 40.1 Å². The number of hydrogen-bond donors (Lipinski definition) is 7. The van der Waals surface area contributed by atoms with Gasteiger partial charge in [0, 0.05) is 9.81 Å². The van der Waals surface area contributed by atoms with Gasteiger partial charge < -0.3 is 26.2 Å². The molecule has 0 unspecified atom stereocenters. The molecule has 0 saturated carbocycles. The van der Waals surface area contributed by atoms with Crippen molar-refractivity contribution in [2.75, 3.05) is 23.0 Å². The Kier molecular flexibility index (Phi) is 3.32. The van der Waals surface area contributed by atoms with Gasteiger partial charge in [0.25, 0.3) is 5.56 Å². The number of hydrogen-bond acceptors (Lipinski definition) is 9. The molecule has 3 heterocycles. The molecule has 108 valence electrons. The van der Waals surface area contributed by atoms with Crippen LogP contribution in [0.15, 0.2) is 14.6 Å². The van der Waals surface area contributed by atoms with E-state index in [1.165, 1.54) is 0 Å². The molecule has 3 atom stereocenters. The number of nitrogen functional groups attached to an aromatic ring is 1. The third-order valence-corrected chi connectivity index (χ3v) is 4.38. The molecule has 0 saturated heterocycles. The van der Waals surface area contributed by atoms with Gasteiger partial charge in [-0.25, -0.2) is 0 Å². The Hall–Kier alpha value is -1.36. The zero-order valence-corrected chi connectivity index (χ0v) is 11.9. The lowest BCUT2D eigenvalue weighted by molar-refractivity contribution is -0.0154. The van der Waals surface area contributed by atoms with Gasteiger partial charge in [-0.15, -0.1) is 25.3 Å². The van der Waals surface area contributed by atoms with Gasteiger partial charge in [0.05, 0.1) is 6.61 Å². The maximum Gasteiger partial charge on any atom is 0.277 e. The molecular formula is C10H13N5O3S2. The van der Waals surface area contributed by atoms with Crippen LogP contribution in [0.25, 0.3) is 0 Å². The van der Waals surface area contributed by atoms with Crippen LogP contribution < -0.4 is 21.9 Å². The van der Waals surface area contributed by atoms with Gasteiger partial charge in [-0.1, -0.05) is 0 Å². The second-order valence-electron chi connectivity index (χ2n) is 4.44. The fourth-order valence-electron chi connectivity index (χ4n) is 2.20. The topological polar surface area (TPSA) is 125 Å². The molecule has 0 aromatic carbocycles. The number of aliphatic hydroxyl groups excluding tert-OH is 1. The Morgan fingerprint density at radius 3 is 2.80 bits per heavy atom. The van der Waals surface area contributed by atoms with Crippen molar-refractivity contribution in [1.82, 2.24) is 9.97 Å². The summed E-state index contributed by atoms with van der Waals surface area (Å²) in [5.41, 5.74) is 5.38. The van der Waals surface area contributed by atoms with Crippen molar-refractivity contribution in [3.05, 3.63) is 20.2 Å². The number of aliphatic hydroxyl groups is 1. The lowest BCUT2D eigenvalue weighted by Crippen LogP contribution is -2.52. The highest BCUT2D eigenvalue weighted by atomic mass is 32.1. The molecule has 0 bridgehead atoms. The van der Waals surface area contributed by atoms with Gasteiger partial charge in [-0.3, -0.25) is 9.78 Å². The van der Waals surface area contributed by atoms with E-state index < -0.39 is 18.4 Å². The predicted octanol–water partition coefficient (Wildman–Crippen LogP) is -0.654. The normalized spacial score (nSPS) is 28.2. The zero-order chi connectivity index (χ0) is 14.4. The van der Waals surface area contributed by atoms with Crippen LogP contribution in [0.4, 0.5) is 17.5 Å². The van der Waals surface area contributed by atoms with E-state index in [2.05, 4.69) is 45.9 Å². The molecule has 2 aliphatic rings. The standard InChI is InChI=1S/C10H13N5O3S2/c11-10-14-7-4(8(17)15-10)12-3-6(20)5(19)2(1-16)18-9(3)13-7/h2-3,9,12,16,19-20H,1H2,(H4,11,13,14,15,17)/t2-,3+,9-/m1/s1. The first-order valence-electron chi connectivity index (χ1n) is 5.82. The summed E-state index contributed by atoms with van der Waals surface area (Å²) < 4.78 is 5.66. The van der Waals surface area contributed by atoms with E-state index in [4.69, 9.17) is 10.5 Å². The summed E-state index contributed by atoms with van der Waals surface area (Å²) in [5, 5.41) is 15.2. The van der Waals surface area contributed by atoms with Crippen LogP contribution in [0, 0.1) is 0 Å². The molecule has 0 fully saturated rings. The van der Waals surface area contributed by atoms with E-state index in [0.717, 1.165) is 0 Å². The van der Waals surface area contributed by atoms with E-state index >= 15 is 0 Å². The molecule has 1 aromatic rings. The first-order valence-corrected chi connectivity index (χ1v) is 6.72. The van der Waals surface area contributed by atoms with Crippen molar-refractivity contribution < 1.29 is 9.84 Å². The van der Waals surface area contributed by atoms with E-state index in [0.29, 0.717) is 15.6 Å².